The molecule has 0 aromatic heterocycles. The molecular formula is C7H17NO. The first-order valence-electron chi connectivity index (χ1n) is 3.48. The molecule has 0 atom stereocenters. The van der Waals surface area contributed by atoms with E-state index < -0.39 is 0 Å². The molecule has 0 aliphatic carbocycles. The lowest BCUT2D eigenvalue weighted by Crippen LogP contribution is -2.43. The van der Waals surface area contributed by atoms with Crippen LogP contribution in [0.15, 0.2) is 0 Å². The van der Waals surface area contributed by atoms with Crippen molar-refractivity contribution in [3.8, 4) is 0 Å². The van der Waals surface area contributed by atoms with Crippen molar-refractivity contribution in [1.82, 2.24) is 5.32 Å². The van der Waals surface area contributed by atoms with Crippen LogP contribution in [-0.2, 0) is 4.74 Å². The van der Waals surface area contributed by atoms with E-state index in [0.29, 0.717) is 0 Å². The number of hydrogen-bond acceptors (Lipinski definition) is 2. The monoisotopic (exact) mass is 131 g/mol. The molecule has 2 nitrogen and oxygen atoms in total. The van der Waals surface area contributed by atoms with Crippen molar-refractivity contribution in [3.63, 3.8) is 0 Å². The van der Waals surface area contributed by atoms with Gasteiger partial charge in [0, 0.05) is 7.11 Å². The van der Waals surface area contributed by atoms with Crippen molar-refractivity contribution in [2.24, 2.45) is 0 Å². The predicted octanol–water partition coefficient (Wildman–Crippen LogP) is 1.37. The fraction of sp³-hybridized carbons (Fsp3) is 1.00. The smallest absolute Gasteiger partial charge is 0.118 e. The second-order valence-corrected chi connectivity index (χ2v) is 2.16. The Labute approximate surface area is 57.6 Å². The van der Waals surface area contributed by atoms with Crippen LogP contribution in [0.25, 0.3) is 0 Å². The lowest BCUT2D eigenvalue weighted by Gasteiger charge is -2.29. The highest BCUT2D eigenvalue weighted by Gasteiger charge is 2.21. The van der Waals surface area contributed by atoms with Crippen LogP contribution < -0.4 is 5.32 Å². The first-order chi connectivity index (χ1) is 4.24. The SMILES string of the molecule is CCC(CC)(NC)OC. The normalized spacial score (nSPS) is 12.0. The maximum absolute atomic E-state index is 5.27. The molecule has 0 bridgehead atoms. The Morgan fingerprint density at radius 2 is 1.78 bits per heavy atom. The summed E-state index contributed by atoms with van der Waals surface area (Å²) in [6, 6.07) is 0. The summed E-state index contributed by atoms with van der Waals surface area (Å²) in [5.74, 6) is 0. The van der Waals surface area contributed by atoms with E-state index >= 15 is 0 Å². The predicted molar refractivity (Wildman–Crippen MR) is 39.4 cm³/mol. The minimum atomic E-state index is -0.0833. The molecule has 0 unspecified atom stereocenters. The largest absolute Gasteiger partial charge is 0.364 e. The van der Waals surface area contributed by atoms with Crippen LogP contribution in [-0.4, -0.2) is 19.9 Å². The van der Waals surface area contributed by atoms with Gasteiger partial charge in [0.25, 0.3) is 0 Å². The van der Waals surface area contributed by atoms with E-state index in [-0.39, 0.29) is 5.72 Å². The number of ether oxygens (including phenoxy) is 1. The van der Waals surface area contributed by atoms with Gasteiger partial charge in [0.2, 0.25) is 0 Å². The first kappa shape index (κ1) is 8.92. The summed E-state index contributed by atoms with van der Waals surface area (Å²) in [6.07, 6.45) is 2.02. The quantitative estimate of drug-likeness (QED) is 0.582. The van der Waals surface area contributed by atoms with Gasteiger partial charge in [0.1, 0.15) is 5.72 Å². The number of nitrogens with one attached hydrogen (secondary N) is 1. The Balaban J connectivity index is 3.82. The highest BCUT2D eigenvalue weighted by atomic mass is 16.5. The van der Waals surface area contributed by atoms with Crippen molar-refractivity contribution in [2.45, 2.75) is 32.4 Å². The van der Waals surface area contributed by atoms with E-state index in [1.807, 2.05) is 7.05 Å². The molecule has 0 fully saturated rings. The van der Waals surface area contributed by atoms with Gasteiger partial charge >= 0.3 is 0 Å². The van der Waals surface area contributed by atoms with Gasteiger partial charge in [-0.15, -0.1) is 0 Å². The zero-order valence-electron chi connectivity index (χ0n) is 6.82. The van der Waals surface area contributed by atoms with E-state index in [2.05, 4.69) is 19.2 Å². The summed E-state index contributed by atoms with van der Waals surface area (Å²) in [5.41, 5.74) is -0.0833. The molecule has 0 radical (unpaired) electrons. The molecule has 1 N–H and O–H groups in total. The van der Waals surface area contributed by atoms with E-state index in [4.69, 9.17) is 4.74 Å². The number of methoxy groups -OCH3 is 1. The van der Waals surface area contributed by atoms with Gasteiger partial charge in [-0.05, 0) is 19.9 Å². The summed E-state index contributed by atoms with van der Waals surface area (Å²) in [5, 5.41) is 3.14. The van der Waals surface area contributed by atoms with E-state index in [1.165, 1.54) is 0 Å². The molecule has 0 aromatic rings. The average Bonchev–Trinajstić information content (AvgIpc) is 1.95. The van der Waals surface area contributed by atoms with E-state index in [1.54, 1.807) is 7.11 Å². The van der Waals surface area contributed by atoms with Crippen molar-refractivity contribution in [2.75, 3.05) is 14.2 Å². The molecule has 0 heterocycles. The van der Waals surface area contributed by atoms with Crippen molar-refractivity contribution in [3.05, 3.63) is 0 Å². The van der Waals surface area contributed by atoms with Crippen molar-refractivity contribution < 1.29 is 4.74 Å². The van der Waals surface area contributed by atoms with Crippen LogP contribution in [0.2, 0.25) is 0 Å². The highest BCUT2D eigenvalue weighted by molar-refractivity contribution is 4.70. The maximum Gasteiger partial charge on any atom is 0.118 e. The molecule has 56 valence electrons. The third-order valence-electron chi connectivity index (χ3n) is 1.99. The Bertz CT molecular complexity index is 51.8. The first-order valence-corrected chi connectivity index (χ1v) is 3.48. The topological polar surface area (TPSA) is 21.3 Å². The second-order valence-electron chi connectivity index (χ2n) is 2.16. The number of hydrogen-bond donors (Lipinski definition) is 1. The zero-order chi connectivity index (χ0) is 7.33. The number of rotatable bonds is 4. The third-order valence-corrected chi connectivity index (χ3v) is 1.99. The summed E-state index contributed by atoms with van der Waals surface area (Å²) >= 11 is 0. The summed E-state index contributed by atoms with van der Waals surface area (Å²) < 4.78 is 5.27. The standard InChI is InChI=1S/C7H17NO/c1-5-7(6-2,8-3)9-4/h8H,5-6H2,1-4H3. The Kier molecular flexibility index (Phi) is 3.82. The van der Waals surface area contributed by atoms with Crippen molar-refractivity contribution in [1.29, 1.82) is 0 Å². The highest BCUT2D eigenvalue weighted by Crippen LogP contribution is 2.13. The van der Waals surface area contributed by atoms with Crippen LogP contribution >= 0.6 is 0 Å². The van der Waals surface area contributed by atoms with Gasteiger partial charge in [-0.2, -0.15) is 0 Å². The third kappa shape index (κ3) is 1.95. The van der Waals surface area contributed by atoms with Gasteiger partial charge in [0.05, 0.1) is 0 Å². The van der Waals surface area contributed by atoms with Crippen LogP contribution in [0.5, 0.6) is 0 Å². The minimum absolute atomic E-state index is 0.0833. The molecule has 9 heavy (non-hydrogen) atoms. The molecule has 2 heteroatoms. The Hall–Kier alpha value is -0.0800. The summed E-state index contributed by atoms with van der Waals surface area (Å²) in [6.45, 7) is 4.23. The lowest BCUT2D eigenvalue weighted by atomic mass is 10.1. The second kappa shape index (κ2) is 3.85. The maximum atomic E-state index is 5.27. The van der Waals surface area contributed by atoms with Gasteiger partial charge < -0.3 is 4.74 Å². The molecule has 0 amide bonds. The summed E-state index contributed by atoms with van der Waals surface area (Å²) in [4.78, 5) is 0. The van der Waals surface area contributed by atoms with E-state index in [9.17, 15) is 0 Å². The van der Waals surface area contributed by atoms with Crippen LogP contribution in [0.1, 0.15) is 26.7 Å². The fourth-order valence-corrected chi connectivity index (χ4v) is 0.994. The zero-order valence-corrected chi connectivity index (χ0v) is 6.82. The molecule has 0 rings (SSSR count). The lowest BCUT2D eigenvalue weighted by molar-refractivity contribution is -0.0395. The van der Waals surface area contributed by atoms with Crippen LogP contribution in [0, 0.1) is 0 Å². The van der Waals surface area contributed by atoms with Crippen LogP contribution in [0.3, 0.4) is 0 Å². The molecule has 0 aromatic carbocycles. The van der Waals surface area contributed by atoms with E-state index in [0.717, 1.165) is 12.8 Å². The van der Waals surface area contributed by atoms with Gasteiger partial charge in [-0.1, -0.05) is 13.8 Å². The molecule has 0 aliphatic rings. The van der Waals surface area contributed by atoms with Gasteiger partial charge in [-0.3, -0.25) is 5.32 Å². The molecule has 0 saturated carbocycles. The van der Waals surface area contributed by atoms with Gasteiger partial charge in [0.15, 0.2) is 0 Å². The van der Waals surface area contributed by atoms with Gasteiger partial charge in [-0.25, -0.2) is 0 Å². The molecular weight excluding hydrogens is 114 g/mol. The average molecular weight is 131 g/mol. The fourth-order valence-electron chi connectivity index (χ4n) is 0.994. The Morgan fingerprint density at radius 3 is 1.78 bits per heavy atom. The molecule has 0 spiro atoms. The molecule has 0 saturated heterocycles. The van der Waals surface area contributed by atoms with Crippen molar-refractivity contribution >= 4 is 0 Å². The summed E-state index contributed by atoms with van der Waals surface area (Å²) in [7, 11) is 3.67. The molecule has 0 aliphatic heterocycles. The van der Waals surface area contributed by atoms with Crippen LogP contribution in [0.4, 0.5) is 0 Å². The minimum Gasteiger partial charge on any atom is -0.364 e. The Morgan fingerprint density at radius 1 is 1.33 bits per heavy atom.